The number of carbonyl (C=O) groups excluding carboxylic acids is 2. The highest BCUT2D eigenvalue weighted by atomic mass is 16.5. The van der Waals surface area contributed by atoms with Crippen LogP contribution in [0.5, 0.6) is 11.5 Å². The number of methoxy groups -OCH3 is 1. The highest BCUT2D eigenvalue weighted by Crippen LogP contribution is 2.29. The second kappa shape index (κ2) is 6.75. The lowest BCUT2D eigenvalue weighted by Gasteiger charge is -2.18. The minimum atomic E-state index is -0.706. The van der Waals surface area contributed by atoms with Crippen LogP contribution in [0.4, 0.5) is 0 Å². The monoisotopic (exact) mass is 266 g/mol. The van der Waals surface area contributed by atoms with Gasteiger partial charge in [0.2, 0.25) is 0 Å². The van der Waals surface area contributed by atoms with Crippen LogP contribution in [0.25, 0.3) is 0 Å². The number of ether oxygens (including phenoxy) is 2. The molecule has 0 aliphatic carbocycles. The van der Waals surface area contributed by atoms with Gasteiger partial charge in [0.25, 0.3) is 5.91 Å². The van der Waals surface area contributed by atoms with Gasteiger partial charge >= 0.3 is 0 Å². The van der Waals surface area contributed by atoms with Gasteiger partial charge in [-0.3, -0.25) is 15.0 Å². The summed E-state index contributed by atoms with van der Waals surface area (Å²) in [5.74, 6) is 5.38. The summed E-state index contributed by atoms with van der Waals surface area (Å²) < 4.78 is 10.7. The van der Waals surface area contributed by atoms with Crippen molar-refractivity contribution in [3.05, 3.63) is 23.8 Å². The van der Waals surface area contributed by atoms with E-state index in [1.54, 1.807) is 25.1 Å². The molecule has 1 atom stereocenters. The minimum Gasteiger partial charge on any atom is -0.493 e. The van der Waals surface area contributed by atoms with E-state index in [0.29, 0.717) is 23.5 Å². The molecule has 1 aromatic rings. The van der Waals surface area contributed by atoms with E-state index in [9.17, 15) is 9.59 Å². The third-order valence-corrected chi connectivity index (χ3v) is 2.64. The first-order valence-corrected chi connectivity index (χ1v) is 5.89. The lowest BCUT2D eigenvalue weighted by molar-refractivity contribution is -0.128. The molecule has 0 heterocycles. The van der Waals surface area contributed by atoms with Gasteiger partial charge < -0.3 is 9.47 Å². The largest absolute Gasteiger partial charge is 0.493 e. The summed E-state index contributed by atoms with van der Waals surface area (Å²) in [7, 11) is 1.47. The van der Waals surface area contributed by atoms with E-state index in [0.717, 1.165) is 0 Å². The molecule has 1 rings (SSSR count). The molecule has 0 aromatic heterocycles. The summed E-state index contributed by atoms with van der Waals surface area (Å²) in [4.78, 5) is 22.7. The standard InChI is InChI=1S/C13H18N2O4/c1-4-10(13(17)15-14)19-11-6-5-9(8(2)16)7-12(11)18-3/h5-7,10H,4,14H2,1-3H3,(H,15,17). The highest BCUT2D eigenvalue weighted by Gasteiger charge is 2.19. The van der Waals surface area contributed by atoms with E-state index in [-0.39, 0.29) is 5.78 Å². The third kappa shape index (κ3) is 3.69. The number of carbonyl (C=O) groups is 2. The Balaban J connectivity index is 3.00. The van der Waals surface area contributed by atoms with E-state index in [4.69, 9.17) is 15.3 Å². The summed E-state index contributed by atoms with van der Waals surface area (Å²) in [6.07, 6.45) is -0.247. The van der Waals surface area contributed by atoms with Crippen LogP contribution < -0.4 is 20.7 Å². The fourth-order valence-electron chi connectivity index (χ4n) is 1.55. The van der Waals surface area contributed by atoms with Crippen LogP contribution in [-0.2, 0) is 4.79 Å². The number of hydrazine groups is 1. The molecule has 3 N–H and O–H groups in total. The van der Waals surface area contributed by atoms with Gasteiger partial charge in [-0.2, -0.15) is 0 Å². The molecule has 19 heavy (non-hydrogen) atoms. The van der Waals surface area contributed by atoms with Gasteiger partial charge in [-0.1, -0.05) is 6.92 Å². The van der Waals surface area contributed by atoms with Crippen molar-refractivity contribution in [1.29, 1.82) is 0 Å². The molecule has 0 saturated carbocycles. The Bertz CT molecular complexity index is 474. The lowest BCUT2D eigenvalue weighted by atomic mass is 10.1. The third-order valence-electron chi connectivity index (χ3n) is 2.64. The van der Waals surface area contributed by atoms with Crippen molar-refractivity contribution in [2.45, 2.75) is 26.4 Å². The van der Waals surface area contributed by atoms with Gasteiger partial charge in [0, 0.05) is 5.56 Å². The number of amides is 1. The van der Waals surface area contributed by atoms with Crippen molar-refractivity contribution >= 4 is 11.7 Å². The summed E-state index contributed by atoms with van der Waals surface area (Å²) >= 11 is 0. The van der Waals surface area contributed by atoms with Crippen LogP contribution in [0.2, 0.25) is 0 Å². The van der Waals surface area contributed by atoms with Crippen LogP contribution in [0, 0.1) is 0 Å². The number of nitrogens with one attached hydrogen (secondary N) is 1. The maximum atomic E-state index is 11.5. The second-order valence-electron chi connectivity index (χ2n) is 3.95. The van der Waals surface area contributed by atoms with Gasteiger partial charge in [-0.05, 0) is 31.5 Å². The molecule has 0 aliphatic rings. The number of hydrogen-bond donors (Lipinski definition) is 2. The Morgan fingerprint density at radius 1 is 1.37 bits per heavy atom. The Morgan fingerprint density at radius 3 is 2.53 bits per heavy atom. The van der Waals surface area contributed by atoms with Gasteiger partial charge in [0.05, 0.1) is 7.11 Å². The van der Waals surface area contributed by atoms with Crippen LogP contribution in [-0.4, -0.2) is 24.9 Å². The predicted molar refractivity (Wildman–Crippen MR) is 70.0 cm³/mol. The van der Waals surface area contributed by atoms with E-state index < -0.39 is 12.0 Å². The van der Waals surface area contributed by atoms with Gasteiger partial charge in [-0.25, -0.2) is 5.84 Å². The molecule has 0 spiro atoms. The number of benzene rings is 1. The summed E-state index contributed by atoms with van der Waals surface area (Å²) in [6, 6.07) is 4.79. The van der Waals surface area contributed by atoms with Gasteiger partial charge in [0.1, 0.15) is 0 Å². The molecular formula is C13H18N2O4. The van der Waals surface area contributed by atoms with Gasteiger partial charge in [0.15, 0.2) is 23.4 Å². The highest BCUT2D eigenvalue weighted by molar-refractivity contribution is 5.94. The first-order valence-electron chi connectivity index (χ1n) is 5.89. The average molecular weight is 266 g/mol. The van der Waals surface area contributed by atoms with E-state index in [1.807, 2.05) is 5.43 Å². The van der Waals surface area contributed by atoms with Crippen molar-refractivity contribution in [3.8, 4) is 11.5 Å². The number of hydrogen-bond acceptors (Lipinski definition) is 5. The Kier molecular flexibility index (Phi) is 5.32. The Morgan fingerprint density at radius 2 is 2.05 bits per heavy atom. The summed E-state index contributed by atoms with van der Waals surface area (Å²) in [5, 5.41) is 0. The zero-order chi connectivity index (χ0) is 14.4. The van der Waals surface area contributed by atoms with E-state index >= 15 is 0 Å². The first kappa shape index (κ1) is 15.0. The fraction of sp³-hybridized carbons (Fsp3) is 0.385. The van der Waals surface area contributed by atoms with Crippen molar-refractivity contribution in [1.82, 2.24) is 5.43 Å². The first-order chi connectivity index (χ1) is 9.03. The summed E-state index contributed by atoms with van der Waals surface area (Å²) in [6.45, 7) is 3.27. The van der Waals surface area contributed by atoms with Crippen LogP contribution in [0.1, 0.15) is 30.6 Å². The minimum absolute atomic E-state index is 0.0726. The van der Waals surface area contributed by atoms with Crippen molar-refractivity contribution in [2.75, 3.05) is 7.11 Å². The maximum absolute atomic E-state index is 11.5. The normalized spacial score (nSPS) is 11.6. The number of ketones is 1. The number of Topliss-reactive ketones (excluding diaryl/α,β-unsaturated/α-hetero) is 1. The second-order valence-corrected chi connectivity index (χ2v) is 3.95. The zero-order valence-corrected chi connectivity index (χ0v) is 11.2. The molecule has 1 unspecified atom stereocenters. The molecule has 0 aliphatic heterocycles. The topological polar surface area (TPSA) is 90.6 Å². The van der Waals surface area contributed by atoms with Crippen LogP contribution in [0.3, 0.4) is 0 Å². The molecular weight excluding hydrogens is 248 g/mol. The predicted octanol–water partition coefficient (Wildman–Crippen LogP) is 1.05. The molecule has 0 saturated heterocycles. The summed E-state index contributed by atoms with van der Waals surface area (Å²) in [5.41, 5.74) is 2.56. The molecule has 0 fully saturated rings. The lowest BCUT2D eigenvalue weighted by Crippen LogP contribution is -2.41. The molecule has 0 bridgehead atoms. The number of nitrogens with two attached hydrogens (primary N) is 1. The van der Waals surface area contributed by atoms with Crippen LogP contribution in [0.15, 0.2) is 18.2 Å². The fourth-order valence-corrected chi connectivity index (χ4v) is 1.55. The molecule has 0 radical (unpaired) electrons. The smallest absolute Gasteiger partial charge is 0.274 e. The SMILES string of the molecule is CCC(Oc1ccc(C(C)=O)cc1OC)C(=O)NN. The average Bonchev–Trinajstić information content (AvgIpc) is 2.43. The molecule has 104 valence electrons. The molecule has 1 amide bonds. The zero-order valence-electron chi connectivity index (χ0n) is 11.2. The number of rotatable bonds is 6. The van der Waals surface area contributed by atoms with E-state index in [1.165, 1.54) is 14.0 Å². The van der Waals surface area contributed by atoms with Crippen molar-refractivity contribution in [3.63, 3.8) is 0 Å². The van der Waals surface area contributed by atoms with Gasteiger partial charge in [-0.15, -0.1) is 0 Å². The maximum Gasteiger partial charge on any atom is 0.274 e. The molecule has 6 nitrogen and oxygen atoms in total. The van der Waals surface area contributed by atoms with Crippen molar-refractivity contribution in [2.24, 2.45) is 5.84 Å². The van der Waals surface area contributed by atoms with Crippen LogP contribution >= 0.6 is 0 Å². The Labute approximate surface area is 111 Å². The molecule has 6 heteroatoms. The quantitative estimate of drug-likeness (QED) is 0.347. The molecule has 1 aromatic carbocycles. The van der Waals surface area contributed by atoms with Crippen molar-refractivity contribution < 1.29 is 19.1 Å². The van der Waals surface area contributed by atoms with E-state index in [2.05, 4.69) is 0 Å². The Hall–Kier alpha value is -2.08.